The van der Waals surface area contributed by atoms with Gasteiger partial charge in [-0.05, 0) is 26.0 Å². The summed E-state index contributed by atoms with van der Waals surface area (Å²) in [4.78, 5) is 12.6. The van der Waals surface area contributed by atoms with E-state index in [0.29, 0.717) is 34.0 Å². The molecular formula is C19H16N2O4. The summed E-state index contributed by atoms with van der Waals surface area (Å²) in [6.45, 7) is 3.43. The van der Waals surface area contributed by atoms with Crippen molar-refractivity contribution in [3.05, 3.63) is 53.4 Å². The number of benzene rings is 2. The van der Waals surface area contributed by atoms with Gasteiger partial charge in [0.2, 0.25) is 0 Å². The number of fused-ring (bicyclic) bond motifs is 3. The van der Waals surface area contributed by atoms with E-state index >= 15 is 0 Å². The molecule has 126 valence electrons. The van der Waals surface area contributed by atoms with Gasteiger partial charge in [-0.3, -0.25) is 4.79 Å². The molecule has 2 aromatic heterocycles. The van der Waals surface area contributed by atoms with Crippen molar-refractivity contribution < 1.29 is 18.5 Å². The molecule has 0 bridgehead atoms. The summed E-state index contributed by atoms with van der Waals surface area (Å²) in [5.41, 5.74) is 2.95. The normalized spacial score (nSPS) is 11.2. The molecule has 1 amide bonds. The fourth-order valence-corrected chi connectivity index (χ4v) is 3.01. The van der Waals surface area contributed by atoms with Crippen LogP contribution in [0.1, 0.15) is 21.8 Å². The van der Waals surface area contributed by atoms with Crippen molar-refractivity contribution in [3.63, 3.8) is 0 Å². The van der Waals surface area contributed by atoms with Crippen LogP contribution in [-0.2, 0) is 0 Å². The number of nitrogens with one attached hydrogen (secondary N) is 1. The first-order valence-corrected chi connectivity index (χ1v) is 7.82. The first-order chi connectivity index (χ1) is 12.1. The number of rotatable bonds is 3. The third-order valence-corrected chi connectivity index (χ3v) is 4.21. The highest BCUT2D eigenvalue weighted by atomic mass is 16.5. The minimum atomic E-state index is -0.301. The predicted molar refractivity (Wildman–Crippen MR) is 94.2 cm³/mol. The Morgan fingerprint density at radius 1 is 1.12 bits per heavy atom. The molecule has 6 nitrogen and oxygen atoms in total. The zero-order valence-corrected chi connectivity index (χ0v) is 14.0. The second-order valence-corrected chi connectivity index (χ2v) is 5.80. The van der Waals surface area contributed by atoms with Crippen LogP contribution >= 0.6 is 0 Å². The highest BCUT2D eigenvalue weighted by Gasteiger charge is 2.20. The van der Waals surface area contributed by atoms with Crippen LogP contribution in [0.3, 0.4) is 0 Å². The zero-order chi connectivity index (χ0) is 17.6. The van der Waals surface area contributed by atoms with Gasteiger partial charge in [-0.2, -0.15) is 0 Å². The first kappa shape index (κ1) is 15.3. The SMILES string of the molecule is COc1cc2c(cc1NC(=O)c1c(C)noc1C)oc1ccccc12. The van der Waals surface area contributed by atoms with Crippen molar-refractivity contribution in [2.75, 3.05) is 12.4 Å². The van der Waals surface area contributed by atoms with Crippen molar-refractivity contribution >= 4 is 33.5 Å². The van der Waals surface area contributed by atoms with Gasteiger partial charge in [0, 0.05) is 16.8 Å². The zero-order valence-electron chi connectivity index (χ0n) is 14.0. The van der Waals surface area contributed by atoms with Gasteiger partial charge in [0.05, 0.1) is 18.5 Å². The molecule has 0 spiro atoms. The summed E-state index contributed by atoms with van der Waals surface area (Å²) < 4.78 is 16.4. The van der Waals surface area contributed by atoms with E-state index in [2.05, 4.69) is 10.5 Å². The summed E-state index contributed by atoms with van der Waals surface area (Å²) >= 11 is 0. The molecule has 2 aromatic carbocycles. The molecule has 25 heavy (non-hydrogen) atoms. The highest BCUT2D eigenvalue weighted by Crippen LogP contribution is 2.36. The standard InChI is InChI=1S/C19H16N2O4/c1-10-18(11(2)25-21-10)19(22)20-14-9-16-13(8-17(14)23-3)12-6-4-5-7-15(12)24-16/h4-9H,1-3H3,(H,20,22). The quantitative estimate of drug-likeness (QED) is 0.598. The minimum absolute atomic E-state index is 0.301. The van der Waals surface area contributed by atoms with Crippen LogP contribution in [0.15, 0.2) is 45.3 Å². The van der Waals surface area contributed by atoms with Crippen molar-refractivity contribution in [1.82, 2.24) is 5.16 Å². The summed E-state index contributed by atoms with van der Waals surface area (Å²) in [7, 11) is 1.56. The first-order valence-electron chi connectivity index (χ1n) is 7.82. The number of hydrogen-bond donors (Lipinski definition) is 1. The van der Waals surface area contributed by atoms with Gasteiger partial charge in [0.1, 0.15) is 28.2 Å². The molecule has 4 aromatic rings. The number of hydrogen-bond acceptors (Lipinski definition) is 5. The molecule has 6 heteroatoms. The van der Waals surface area contributed by atoms with Gasteiger partial charge in [-0.1, -0.05) is 23.4 Å². The van der Waals surface area contributed by atoms with Crippen LogP contribution in [0.5, 0.6) is 5.75 Å². The molecule has 0 fully saturated rings. The third kappa shape index (κ3) is 2.42. The van der Waals surface area contributed by atoms with E-state index in [9.17, 15) is 4.79 Å². The molecule has 0 atom stereocenters. The van der Waals surface area contributed by atoms with Gasteiger partial charge in [-0.25, -0.2) is 0 Å². The van der Waals surface area contributed by atoms with Crippen LogP contribution < -0.4 is 10.1 Å². The number of anilines is 1. The second kappa shape index (κ2) is 5.66. The fraction of sp³-hybridized carbons (Fsp3) is 0.158. The van der Waals surface area contributed by atoms with Crippen LogP contribution in [0.25, 0.3) is 21.9 Å². The molecule has 2 heterocycles. The van der Waals surface area contributed by atoms with Gasteiger partial charge in [-0.15, -0.1) is 0 Å². The Balaban J connectivity index is 1.81. The predicted octanol–water partition coefficient (Wildman–Crippen LogP) is 4.45. The maximum Gasteiger partial charge on any atom is 0.261 e. The van der Waals surface area contributed by atoms with E-state index in [0.717, 1.165) is 16.4 Å². The summed E-state index contributed by atoms with van der Waals surface area (Å²) in [5, 5.41) is 8.61. The van der Waals surface area contributed by atoms with E-state index in [-0.39, 0.29) is 5.91 Å². The maximum atomic E-state index is 12.6. The summed E-state index contributed by atoms with van der Waals surface area (Å²) in [5.74, 6) is 0.725. The number of aromatic nitrogens is 1. The average molecular weight is 336 g/mol. The number of methoxy groups -OCH3 is 1. The Kier molecular flexibility index (Phi) is 3.46. The second-order valence-electron chi connectivity index (χ2n) is 5.80. The van der Waals surface area contributed by atoms with E-state index in [4.69, 9.17) is 13.7 Å². The number of carbonyl (C=O) groups is 1. The van der Waals surface area contributed by atoms with Gasteiger partial charge in [0.25, 0.3) is 5.91 Å². The van der Waals surface area contributed by atoms with Crippen molar-refractivity contribution in [2.45, 2.75) is 13.8 Å². The molecule has 0 aliphatic carbocycles. The number of carbonyl (C=O) groups excluding carboxylic acids is 1. The van der Waals surface area contributed by atoms with Gasteiger partial charge in [0.15, 0.2) is 0 Å². The number of amides is 1. The van der Waals surface area contributed by atoms with Gasteiger partial charge < -0.3 is 19.0 Å². The number of para-hydroxylation sites is 1. The van der Waals surface area contributed by atoms with Crippen molar-refractivity contribution in [3.8, 4) is 5.75 Å². The van der Waals surface area contributed by atoms with E-state index in [1.807, 2.05) is 30.3 Å². The summed E-state index contributed by atoms with van der Waals surface area (Å²) in [6, 6.07) is 11.4. The lowest BCUT2D eigenvalue weighted by Crippen LogP contribution is -2.14. The largest absolute Gasteiger partial charge is 0.495 e. The molecule has 0 aliphatic rings. The Bertz CT molecular complexity index is 1090. The smallest absolute Gasteiger partial charge is 0.261 e. The molecule has 0 aliphatic heterocycles. The minimum Gasteiger partial charge on any atom is -0.495 e. The van der Waals surface area contributed by atoms with Crippen LogP contribution in [-0.4, -0.2) is 18.2 Å². The van der Waals surface area contributed by atoms with E-state index < -0.39 is 0 Å². The van der Waals surface area contributed by atoms with Crippen LogP contribution in [0, 0.1) is 13.8 Å². The molecule has 0 unspecified atom stereocenters. The van der Waals surface area contributed by atoms with Crippen molar-refractivity contribution in [1.29, 1.82) is 0 Å². The van der Waals surface area contributed by atoms with Gasteiger partial charge >= 0.3 is 0 Å². The Morgan fingerprint density at radius 2 is 1.92 bits per heavy atom. The topological polar surface area (TPSA) is 77.5 Å². The number of nitrogens with zero attached hydrogens (tertiary/aromatic N) is 1. The maximum absolute atomic E-state index is 12.6. The molecule has 0 radical (unpaired) electrons. The molecule has 1 N–H and O–H groups in total. The molecular weight excluding hydrogens is 320 g/mol. The Hall–Kier alpha value is -3.28. The number of furan rings is 1. The lowest BCUT2D eigenvalue weighted by atomic mass is 10.1. The number of aryl methyl sites for hydroxylation is 2. The third-order valence-electron chi connectivity index (χ3n) is 4.21. The monoisotopic (exact) mass is 336 g/mol. The van der Waals surface area contributed by atoms with E-state index in [1.54, 1.807) is 27.0 Å². The molecule has 4 rings (SSSR count). The molecule has 0 saturated heterocycles. The summed E-state index contributed by atoms with van der Waals surface area (Å²) in [6.07, 6.45) is 0. The fourth-order valence-electron chi connectivity index (χ4n) is 3.01. The molecule has 0 saturated carbocycles. The Labute approximate surface area is 143 Å². The Morgan fingerprint density at radius 3 is 2.64 bits per heavy atom. The van der Waals surface area contributed by atoms with E-state index in [1.165, 1.54) is 0 Å². The highest BCUT2D eigenvalue weighted by molar-refractivity contribution is 6.10. The van der Waals surface area contributed by atoms with Crippen LogP contribution in [0.4, 0.5) is 5.69 Å². The lowest BCUT2D eigenvalue weighted by molar-refractivity contribution is 0.102. The van der Waals surface area contributed by atoms with Crippen molar-refractivity contribution in [2.24, 2.45) is 0 Å². The van der Waals surface area contributed by atoms with Crippen LogP contribution in [0.2, 0.25) is 0 Å². The lowest BCUT2D eigenvalue weighted by Gasteiger charge is -2.10. The number of ether oxygens (including phenoxy) is 1. The average Bonchev–Trinajstić information content (AvgIpc) is 3.13.